The van der Waals surface area contributed by atoms with Crippen LogP contribution >= 0.6 is 12.2 Å². The molecule has 4 nitrogen and oxygen atoms in total. The molecule has 0 aromatic heterocycles. The highest BCUT2D eigenvalue weighted by atomic mass is 32.1. The fourth-order valence-electron chi connectivity index (χ4n) is 2.19. The van der Waals surface area contributed by atoms with Crippen LogP contribution in [-0.4, -0.2) is 18.8 Å². The molecule has 0 aliphatic rings. The van der Waals surface area contributed by atoms with Crippen LogP contribution in [0.25, 0.3) is 0 Å². The Morgan fingerprint density at radius 2 is 1.75 bits per heavy atom. The predicted octanol–water partition coefficient (Wildman–Crippen LogP) is 4.34. The highest BCUT2D eigenvalue weighted by molar-refractivity contribution is 7.80. The van der Waals surface area contributed by atoms with Gasteiger partial charge in [0.05, 0.1) is 13.2 Å². The summed E-state index contributed by atoms with van der Waals surface area (Å²) in [6.45, 7) is -0.876. The van der Waals surface area contributed by atoms with Gasteiger partial charge < -0.3 is 20.1 Å². The number of anilines is 1. The van der Waals surface area contributed by atoms with Crippen LogP contribution in [0.4, 0.5) is 14.5 Å². The molecule has 0 saturated carbocycles. The summed E-state index contributed by atoms with van der Waals surface area (Å²) in [6.07, 6.45) is 0. The lowest BCUT2D eigenvalue weighted by molar-refractivity contribution is -0.0498. The van der Waals surface area contributed by atoms with E-state index in [0.29, 0.717) is 10.8 Å². The van der Waals surface area contributed by atoms with Crippen molar-refractivity contribution < 1.29 is 18.3 Å². The van der Waals surface area contributed by atoms with E-state index in [9.17, 15) is 8.78 Å². The van der Waals surface area contributed by atoms with Gasteiger partial charge in [0.2, 0.25) is 0 Å². The summed E-state index contributed by atoms with van der Waals surface area (Å²) in [5, 5.41) is 6.57. The predicted molar refractivity (Wildman–Crippen MR) is 93.8 cm³/mol. The molecule has 2 N–H and O–H groups in total. The normalized spacial score (nSPS) is 11.7. The number of rotatable bonds is 6. The van der Waals surface area contributed by atoms with Crippen molar-refractivity contribution in [1.29, 1.82) is 0 Å². The minimum absolute atomic E-state index is 0.0670. The number of benzene rings is 2. The van der Waals surface area contributed by atoms with Crippen molar-refractivity contribution in [2.45, 2.75) is 19.6 Å². The summed E-state index contributed by atoms with van der Waals surface area (Å²) in [7, 11) is 1.62. The average Bonchev–Trinajstić information content (AvgIpc) is 2.56. The van der Waals surface area contributed by atoms with Gasteiger partial charge >= 0.3 is 6.61 Å². The van der Waals surface area contributed by atoms with Crippen molar-refractivity contribution >= 4 is 23.0 Å². The molecule has 0 saturated heterocycles. The zero-order chi connectivity index (χ0) is 17.5. The monoisotopic (exact) mass is 352 g/mol. The topological polar surface area (TPSA) is 42.5 Å². The molecule has 2 rings (SSSR count). The number of ether oxygens (including phenoxy) is 2. The molecule has 0 fully saturated rings. The SMILES string of the molecule is COc1ccccc1[C@H](C)NC(=S)Nc1ccc(OC(F)F)cc1. The third kappa shape index (κ3) is 5.06. The van der Waals surface area contributed by atoms with Crippen molar-refractivity contribution in [1.82, 2.24) is 5.32 Å². The van der Waals surface area contributed by atoms with E-state index in [1.54, 1.807) is 19.2 Å². The molecule has 0 spiro atoms. The van der Waals surface area contributed by atoms with Crippen molar-refractivity contribution in [3.63, 3.8) is 0 Å². The summed E-state index contributed by atoms with van der Waals surface area (Å²) in [5.41, 5.74) is 1.64. The highest BCUT2D eigenvalue weighted by Gasteiger charge is 2.12. The Kier molecular flexibility index (Phi) is 6.31. The van der Waals surface area contributed by atoms with Crippen LogP contribution in [0.15, 0.2) is 48.5 Å². The summed E-state index contributed by atoms with van der Waals surface area (Å²) in [6, 6.07) is 13.7. The molecule has 2 aromatic carbocycles. The van der Waals surface area contributed by atoms with Gasteiger partial charge in [-0.25, -0.2) is 0 Å². The van der Waals surface area contributed by atoms with E-state index < -0.39 is 6.61 Å². The van der Waals surface area contributed by atoms with E-state index >= 15 is 0 Å². The minimum Gasteiger partial charge on any atom is -0.496 e. The van der Waals surface area contributed by atoms with E-state index in [1.807, 2.05) is 31.2 Å². The summed E-state index contributed by atoms with van der Waals surface area (Å²) < 4.78 is 33.9. The second-order valence-corrected chi connectivity index (χ2v) is 5.37. The van der Waals surface area contributed by atoms with E-state index in [2.05, 4.69) is 15.4 Å². The molecule has 0 unspecified atom stereocenters. The van der Waals surface area contributed by atoms with E-state index in [-0.39, 0.29) is 11.8 Å². The van der Waals surface area contributed by atoms with Crippen LogP contribution in [0.5, 0.6) is 11.5 Å². The number of nitrogens with one attached hydrogen (secondary N) is 2. The van der Waals surface area contributed by atoms with Crippen LogP contribution in [-0.2, 0) is 0 Å². The molecule has 1 atom stereocenters. The fraction of sp³-hybridized carbons (Fsp3) is 0.235. The molecule has 0 aliphatic carbocycles. The van der Waals surface area contributed by atoms with Crippen LogP contribution in [0.1, 0.15) is 18.5 Å². The molecule has 0 radical (unpaired) electrons. The Balaban J connectivity index is 1.95. The largest absolute Gasteiger partial charge is 0.496 e. The molecule has 0 amide bonds. The Bertz CT molecular complexity index is 681. The first kappa shape index (κ1) is 17.9. The third-order valence-electron chi connectivity index (χ3n) is 3.29. The lowest BCUT2D eigenvalue weighted by atomic mass is 10.1. The van der Waals surface area contributed by atoms with E-state index in [4.69, 9.17) is 17.0 Å². The molecular weight excluding hydrogens is 334 g/mol. The van der Waals surface area contributed by atoms with Gasteiger partial charge in [-0.3, -0.25) is 0 Å². The van der Waals surface area contributed by atoms with Gasteiger partial charge in [0, 0.05) is 11.3 Å². The molecule has 0 bridgehead atoms. The van der Waals surface area contributed by atoms with Gasteiger partial charge in [0.15, 0.2) is 5.11 Å². The summed E-state index contributed by atoms with van der Waals surface area (Å²) in [5.74, 6) is 0.866. The smallest absolute Gasteiger partial charge is 0.387 e. The van der Waals surface area contributed by atoms with Crippen LogP contribution in [0, 0.1) is 0 Å². The number of para-hydroxylation sites is 1. The molecule has 0 heterocycles. The maximum absolute atomic E-state index is 12.1. The van der Waals surface area contributed by atoms with Crippen LogP contribution in [0.2, 0.25) is 0 Å². The molecular formula is C17H18F2N2O2S. The van der Waals surface area contributed by atoms with Gasteiger partial charge in [0.1, 0.15) is 11.5 Å². The van der Waals surface area contributed by atoms with Gasteiger partial charge in [-0.15, -0.1) is 0 Å². The maximum Gasteiger partial charge on any atom is 0.387 e. The van der Waals surface area contributed by atoms with Gasteiger partial charge in [-0.1, -0.05) is 18.2 Å². The summed E-state index contributed by atoms with van der Waals surface area (Å²) in [4.78, 5) is 0. The molecule has 128 valence electrons. The quantitative estimate of drug-likeness (QED) is 0.757. The lowest BCUT2D eigenvalue weighted by Gasteiger charge is -2.19. The third-order valence-corrected chi connectivity index (χ3v) is 3.51. The number of hydrogen-bond acceptors (Lipinski definition) is 3. The lowest BCUT2D eigenvalue weighted by Crippen LogP contribution is -2.31. The van der Waals surface area contributed by atoms with Crippen molar-refractivity contribution in [2.75, 3.05) is 12.4 Å². The fourth-order valence-corrected chi connectivity index (χ4v) is 2.48. The number of methoxy groups -OCH3 is 1. The number of alkyl halides is 2. The first-order valence-corrected chi connectivity index (χ1v) is 7.65. The van der Waals surface area contributed by atoms with Gasteiger partial charge in [-0.05, 0) is 49.5 Å². The summed E-state index contributed by atoms with van der Waals surface area (Å²) >= 11 is 5.28. The Hall–Kier alpha value is -2.41. The second kappa shape index (κ2) is 8.44. The number of hydrogen-bond donors (Lipinski definition) is 2. The van der Waals surface area contributed by atoms with Gasteiger partial charge in [0.25, 0.3) is 0 Å². The first-order chi connectivity index (χ1) is 11.5. The minimum atomic E-state index is -2.84. The van der Waals surface area contributed by atoms with E-state index in [1.165, 1.54) is 12.1 Å². The zero-order valence-corrected chi connectivity index (χ0v) is 14.1. The Labute approximate surface area is 144 Å². The zero-order valence-electron chi connectivity index (χ0n) is 13.3. The van der Waals surface area contributed by atoms with Crippen molar-refractivity contribution in [3.8, 4) is 11.5 Å². The van der Waals surface area contributed by atoms with Crippen molar-refractivity contribution in [2.24, 2.45) is 0 Å². The average molecular weight is 352 g/mol. The number of halogens is 2. The maximum atomic E-state index is 12.1. The first-order valence-electron chi connectivity index (χ1n) is 7.25. The standard InChI is InChI=1S/C17H18F2N2O2S/c1-11(14-5-3-4-6-15(14)22-2)20-17(24)21-12-7-9-13(10-8-12)23-16(18)19/h3-11,16H,1-2H3,(H2,20,21,24)/t11-/m0/s1. The van der Waals surface area contributed by atoms with E-state index in [0.717, 1.165) is 11.3 Å². The Morgan fingerprint density at radius 1 is 1.08 bits per heavy atom. The van der Waals surface area contributed by atoms with Crippen LogP contribution < -0.4 is 20.1 Å². The second-order valence-electron chi connectivity index (χ2n) is 4.96. The van der Waals surface area contributed by atoms with Crippen LogP contribution in [0.3, 0.4) is 0 Å². The van der Waals surface area contributed by atoms with Gasteiger partial charge in [-0.2, -0.15) is 8.78 Å². The van der Waals surface area contributed by atoms with Crippen molar-refractivity contribution in [3.05, 3.63) is 54.1 Å². The molecule has 7 heteroatoms. The molecule has 2 aromatic rings. The Morgan fingerprint density at radius 3 is 2.38 bits per heavy atom. The highest BCUT2D eigenvalue weighted by Crippen LogP contribution is 2.24. The molecule has 24 heavy (non-hydrogen) atoms. The molecule has 0 aliphatic heterocycles. The number of thiocarbonyl (C=S) groups is 1.